The van der Waals surface area contributed by atoms with Gasteiger partial charge in [-0.3, -0.25) is 0 Å². The second-order valence-corrected chi connectivity index (χ2v) is 6.28. The van der Waals surface area contributed by atoms with Crippen molar-refractivity contribution < 1.29 is 0 Å². The zero-order chi connectivity index (χ0) is 17.0. The lowest BCUT2D eigenvalue weighted by atomic mass is 10.2. The average molecular weight is 321 g/mol. The molecule has 3 nitrogen and oxygen atoms in total. The zero-order valence-electron chi connectivity index (χ0n) is 13.8. The molecule has 0 amide bonds. The molecule has 25 heavy (non-hydrogen) atoms. The average Bonchev–Trinajstić information content (AvgIpc) is 3.16. The molecule has 0 spiro atoms. The number of benzene rings is 3. The van der Waals surface area contributed by atoms with Crippen LogP contribution in [0.1, 0.15) is 5.56 Å². The molecule has 0 atom stereocenters. The van der Waals surface area contributed by atoms with E-state index < -0.39 is 0 Å². The van der Waals surface area contributed by atoms with E-state index in [4.69, 9.17) is 5.26 Å². The van der Waals surface area contributed by atoms with Gasteiger partial charge in [-0.05, 0) is 36.4 Å². The van der Waals surface area contributed by atoms with Crippen LogP contribution in [0.3, 0.4) is 0 Å². The van der Waals surface area contributed by atoms with Crippen molar-refractivity contribution in [3.05, 3.63) is 78.4 Å². The topological polar surface area (TPSA) is 33.6 Å². The van der Waals surface area contributed by atoms with Crippen LogP contribution in [-0.4, -0.2) is 9.13 Å². The molecule has 0 aliphatic rings. The first-order valence-corrected chi connectivity index (χ1v) is 8.26. The second kappa shape index (κ2) is 4.99. The van der Waals surface area contributed by atoms with E-state index in [0.29, 0.717) is 5.56 Å². The van der Waals surface area contributed by atoms with Gasteiger partial charge in [0.1, 0.15) is 0 Å². The van der Waals surface area contributed by atoms with Crippen LogP contribution in [0.4, 0.5) is 0 Å². The standard InChI is InChI=1S/C22H15N3/c1-24-19-8-4-2-6-17(19)22-21(24)18-7-3-5-9-20(18)25(22)16-12-10-15(14-23)11-13-16/h2-13H,1H3. The Kier molecular flexibility index (Phi) is 2.77. The minimum Gasteiger partial charge on any atom is -0.342 e. The van der Waals surface area contributed by atoms with Crippen LogP contribution in [0.2, 0.25) is 0 Å². The Morgan fingerprint density at radius 2 is 1.32 bits per heavy atom. The molecule has 0 saturated heterocycles. The van der Waals surface area contributed by atoms with Crippen LogP contribution in [0.25, 0.3) is 38.5 Å². The van der Waals surface area contributed by atoms with Crippen molar-refractivity contribution in [3.8, 4) is 11.8 Å². The van der Waals surface area contributed by atoms with E-state index in [9.17, 15) is 0 Å². The third-order valence-electron chi connectivity index (χ3n) is 4.96. The quantitative estimate of drug-likeness (QED) is 0.420. The number of hydrogen-bond donors (Lipinski definition) is 0. The number of para-hydroxylation sites is 2. The minimum atomic E-state index is 0.675. The maximum absolute atomic E-state index is 9.09. The highest BCUT2D eigenvalue weighted by atomic mass is 15.0. The highest BCUT2D eigenvalue weighted by molar-refractivity contribution is 6.18. The van der Waals surface area contributed by atoms with Crippen molar-refractivity contribution in [2.24, 2.45) is 7.05 Å². The number of nitrogens with zero attached hydrogens (tertiary/aromatic N) is 3. The van der Waals surface area contributed by atoms with E-state index in [1.54, 1.807) is 0 Å². The Morgan fingerprint density at radius 3 is 2.00 bits per heavy atom. The van der Waals surface area contributed by atoms with Gasteiger partial charge in [0.25, 0.3) is 0 Å². The molecule has 0 aliphatic carbocycles. The molecule has 118 valence electrons. The molecule has 0 fully saturated rings. The molecule has 0 N–H and O–H groups in total. The summed E-state index contributed by atoms with van der Waals surface area (Å²) in [4.78, 5) is 0. The van der Waals surface area contributed by atoms with Gasteiger partial charge in [-0.25, -0.2) is 0 Å². The maximum atomic E-state index is 9.09. The summed E-state index contributed by atoms with van der Waals surface area (Å²) in [5, 5.41) is 11.6. The number of rotatable bonds is 1. The van der Waals surface area contributed by atoms with Crippen molar-refractivity contribution in [3.63, 3.8) is 0 Å². The van der Waals surface area contributed by atoms with Crippen LogP contribution < -0.4 is 0 Å². The number of nitriles is 1. The van der Waals surface area contributed by atoms with Gasteiger partial charge in [0, 0.05) is 23.5 Å². The lowest BCUT2D eigenvalue weighted by Crippen LogP contribution is -1.93. The second-order valence-electron chi connectivity index (χ2n) is 6.28. The summed E-state index contributed by atoms with van der Waals surface area (Å²) in [5.41, 5.74) is 6.60. The van der Waals surface area contributed by atoms with E-state index in [0.717, 1.165) is 5.69 Å². The molecule has 5 aromatic rings. The molecular formula is C22H15N3. The molecule has 5 rings (SSSR count). The monoisotopic (exact) mass is 321 g/mol. The Labute approximate surface area is 144 Å². The van der Waals surface area contributed by atoms with E-state index in [2.05, 4.69) is 70.8 Å². The molecular weight excluding hydrogens is 306 g/mol. The van der Waals surface area contributed by atoms with E-state index in [1.165, 1.54) is 32.8 Å². The number of fused-ring (bicyclic) bond motifs is 5. The van der Waals surface area contributed by atoms with Crippen LogP contribution in [0.15, 0.2) is 72.8 Å². The Morgan fingerprint density at radius 1 is 0.720 bits per heavy atom. The molecule has 0 saturated carbocycles. The van der Waals surface area contributed by atoms with Crippen LogP contribution in [0.5, 0.6) is 0 Å². The summed E-state index contributed by atoms with van der Waals surface area (Å²) in [7, 11) is 2.13. The molecule has 0 radical (unpaired) electrons. The van der Waals surface area contributed by atoms with E-state index in [1.807, 2.05) is 24.3 Å². The van der Waals surface area contributed by atoms with Gasteiger partial charge in [0.05, 0.1) is 33.7 Å². The van der Waals surface area contributed by atoms with Gasteiger partial charge in [-0.1, -0.05) is 36.4 Å². The smallest absolute Gasteiger partial charge is 0.0991 e. The molecule has 3 heteroatoms. The first kappa shape index (κ1) is 13.9. The number of aryl methyl sites for hydroxylation is 1. The van der Waals surface area contributed by atoms with Crippen molar-refractivity contribution in [1.82, 2.24) is 9.13 Å². The Bertz CT molecular complexity index is 1290. The number of aromatic nitrogens is 2. The molecule has 2 heterocycles. The SMILES string of the molecule is Cn1c2ccccc2c2c1c1ccccc1n2-c1ccc(C#N)cc1. The first-order valence-electron chi connectivity index (χ1n) is 8.26. The van der Waals surface area contributed by atoms with Gasteiger partial charge in [0.2, 0.25) is 0 Å². The third kappa shape index (κ3) is 1.79. The fraction of sp³-hybridized carbons (Fsp3) is 0.0455. The predicted molar refractivity (Wildman–Crippen MR) is 102 cm³/mol. The Hall–Kier alpha value is -3.51. The molecule has 2 aromatic heterocycles. The largest absolute Gasteiger partial charge is 0.342 e. The lowest BCUT2D eigenvalue weighted by molar-refractivity contribution is 1.02. The van der Waals surface area contributed by atoms with Gasteiger partial charge in [-0.2, -0.15) is 5.26 Å². The summed E-state index contributed by atoms with van der Waals surface area (Å²) in [6, 6.07) is 27.0. The minimum absolute atomic E-state index is 0.675. The fourth-order valence-corrected chi connectivity index (χ4v) is 3.85. The summed E-state index contributed by atoms with van der Waals surface area (Å²) in [5.74, 6) is 0. The van der Waals surface area contributed by atoms with E-state index in [-0.39, 0.29) is 0 Å². The van der Waals surface area contributed by atoms with Crippen molar-refractivity contribution >= 4 is 32.8 Å². The molecule has 0 bridgehead atoms. The zero-order valence-corrected chi connectivity index (χ0v) is 13.8. The highest BCUT2D eigenvalue weighted by Gasteiger charge is 2.18. The van der Waals surface area contributed by atoms with Gasteiger partial charge in [-0.15, -0.1) is 0 Å². The summed E-state index contributed by atoms with van der Waals surface area (Å²) in [6.07, 6.45) is 0. The van der Waals surface area contributed by atoms with Crippen molar-refractivity contribution in [2.45, 2.75) is 0 Å². The fourth-order valence-electron chi connectivity index (χ4n) is 3.85. The molecule has 0 aliphatic heterocycles. The van der Waals surface area contributed by atoms with Gasteiger partial charge in [0.15, 0.2) is 0 Å². The highest BCUT2D eigenvalue weighted by Crippen LogP contribution is 2.38. The normalized spacial score (nSPS) is 11.4. The Balaban J connectivity index is 2.02. The van der Waals surface area contributed by atoms with E-state index >= 15 is 0 Å². The number of hydrogen-bond acceptors (Lipinski definition) is 1. The lowest BCUT2D eigenvalue weighted by Gasteiger charge is -2.07. The van der Waals surface area contributed by atoms with Crippen molar-refractivity contribution in [2.75, 3.05) is 0 Å². The summed E-state index contributed by atoms with van der Waals surface area (Å²) < 4.78 is 4.57. The van der Waals surface area contributed by atoms with Crippen LogP contribution >= 0.6 is 0 Å². The molecule has 3 aromatic carbocycles. The molecule has 0 unspecified atom stereocenters. The van der Waals surface area contributed by atoms with Gasteiger partial charge >= 0.3 is 0 Å². The third-order valence-corrected chi connectivity index (χ3v) is 4.96. The predicted octanol–water partition coefficient (Wildman–Crippen LogP) is 5.15. The maximum Gasteiger partial charge on any atom is 0.0991 e. The van der Waals surface area contributed by atoms with Crippen molar-refractivity contribution in [1.29, 1.82) is 5.26 Å². The van der Waals surface area contributed by atoms with Crippen LogP contribution in [0, 0.1) is 11.3 Å². The van der Waals surface area contributed by atoms with Crippen LogP contribution in [-0.2, 0) is 7.05 Å². The first-order chi connectivity index (χ1) is 12.3. The summed E-state index contributed by atoms with van der Waals surface area (Å²) >= 11 is 0. The summed E-state index contributed by atoms with van der Waals surface area (Å²) in [6.45, 7) is 0. The van der Waals surface area contributed by atoms with Gasteiger partial charge < -0.3 is 9.13 Å².